The number of ether oxygens (including phenoxy) is 1. The van der Waals surface area contributed by atoms with Gasteiger partial charge >= 0.3 is 6.18 Å². The largest absolute Gasteiger partial charge is 0.433 e. The number of alkyl halides is 3. The fraction of sp³-hybridized carbons (Fsp3) is 0.348. The van der Waals surface area contributed by atoms with Gasteiger partial charge in [-0.2, -0.15) is 13.2 Å². The Bertz CT molecular complexity index is 1020. The maximum atomic E-state index is 13.2. The molecule has 0 saturated carbocycles. The highest BCUT2D eigenvalue weighted by Crippen LogP contribution is 2.40. The second kappa shape index (κ2) is 9.33. The van der Waals surface area contributed by atoms with Crippen LogP contribution >= 0.6 is 11.6 Å². The molecule has 1 atom stereocenters. The van der Waals surface area contributed by atoms with E-state index in [-0.39, 0.29) is 12.1 Å². The molecule has 7 heteroatoms. The number of pyridine rings is 1. The molecule has 1 unspecified atom stereocenters. The highest BCUT2D eigenvalue weighted by Gasteiger charge is 2.33. The van der Waals surface area contributed by atoms with Crippen molar-refractivity contribution in [3.63, 3.8) is 0 Å². The number of aliphatic hydroxyl groups excluding tert-OH is 1. The van der Waals surface area contributed by atoms with Crippen LogP contribution in [-0.4, -0.2) is 23.3 Å². The van der Waals surface area contributed by atoms with Gasteiger partial charge in [0.1, 0.15) is 11.8 Å². The number of rotatable bonds is 7. The first-order valence-corrected chi connectivity index (χ1v) is 10.1. The van der Waals surface area contributed by atoms with Crippen LogP contribution in [0.25, 0.3) is 22.0 Å². The number of halogens is 4. The van der Waals surface area contributed by atoms with Crippen molar-refractivity contribution in [2.24, 2.45) is 0 Å². The Balaban J connectivity index is 2.27. The van der Waals surface area contributed by atoms with Gasteiger partial charge in [0.05, 0.1) is 12.1 Å². The van der Waals surface area contributed by atoms with Crippen LogP contribution in [0.4, 0.5) is 13.2 Å². The smallest absolute Gasteiger partial charge is 0.393 e. The van der Waals surface area contributed by atoms with Crippen LogP contribution in [0.2, 0.25) is 5.02 Å². The molecule has 0 aliphatic carbocycles. The van der Waals surface area contributed by atoms with Gasteiger partial charge in [0.25, 0.3) is 0 Å². The summed E-state index contributed by atoms with van der Waals surface area (Å²) < 4.78 is 45.5. The number of aryl methyl sites for hydroxylation is 1. The number of aromatic nitrogens is 1. The van der Waals surface area contributed by atoms with Crippen molar-refractivity contribution < 1.29 is 23.0 Å². The number of unbranched alkanes of at least 4 members (excludes halogenated alkanes) is 1. The lowest BCUT2D eigenvalue weighted by atomic mass is 9.88. The molecule has 3 nitrogen and oxygen atoms in total. The third-order valence-electron chi connectivity index (χ3n) is 4.97. The third-order valence-corrected chi connectivity index (χ3v) is 5.22. The second-order valence-corrected chi connectivity index (χ2v) is 7.58. The molecular formula is C23H23ClF3NO2. The van der Waals surface area contributed by atoms with Gasteiger partial charge in [-0.05, 0) is 59.9 Å². The standard InChI is InChI=1S/C23H23ClF3NO2/c1-3-4-11-30-19(13-29)21-14(2)12-18-17(9-10-20(28-18)23(25,26)27)22(21)15-5-7-16(24)8-6-15/h5-10,12,19,29H,3-4,11,13H2,1-2H3. The summed E-state index contributed by atoms with van der Waals surface area (Å²) in [4.78, 5) is 3.86. The number of aliphatic hydroxyl groups is 1. The Kier molecular flexibility index (Phi) is 7.01. The van der Waals surface area contributed by atoms with E-state index in [1.165, 1.54) is 6.07 Å². The minimum atomic E-state index is -4.53. The van der Waals surface area contributed by atoms with Crippen LogP contribution in [0, 0.1) is 6.92 Å². The maximum Gasteiger partial charge on any atom is 0.433 e. The summed E-state index contributed by atoms with van der Waals surface area (Å²) >= 11 is 6.03. The summed E-state index contributed by atoms with van der Waals surface area (Å²) in [6.45, 7) is 4.07. The summed E-state index contributed by atoms with van der Waals surface area (Å²) in [5.74, 6) is 0. The third kappa shape index (κ3) is 4.77. The number of hydrogen-bond acceptors (Lipinski definition) is 3. The van der Waals surface area contributed by atoms with Gasteiger partial charge < -0.3 is 9.84 Å². The molecule has 0 aliphatic rings. The van der Waals surface area contributed by atoms with Crippen molar-refractivity contribution in [1.29, 1.82) is 0 Å². The molecule has 0 amide bonds. The molecule has 1 heterocycles. The van der Waals surface area contributed by atoms with E-state index in [4.69, 9.17) is 16.3 Å². The predicted molar refractivity (Wildman–Crippen MR) is 113 cm³/mol. The van der Waals surface area contributed by atoms with Gasteiger partial charge in [-0.25, -0.2) is 4.98 Å². The first kappa shape index (κ1) is 22.5. The first-order valence-electron chi connectivity index (χ1n) is 9.76. The molecule has 1 N–H and O–H groups in total. The average molecular weight is 438 g/mol. The average Bonchev–Trinajstić information content (AvgIpc) is 2.70. The van der Waals surface area contributed by atoms with Crippen molar-refractivity contribution in [2.45, 2.75) is 39.0 Å². The summed E-state index contributed by atoms with van der Waals surface area (Å²) in [5.41, 5.74) is 2.20. The van der Waals surface area contributed by atoms with Gasteiger partial charge in [-0.1, -0.05) is 43.1 Å². The monoisotopic (exact) mass is 437 g/mol. The number of hydrogen-bond donors (Lipinski definition) is 1. The van der Waals surface area contributed by atoms with Crippen molar-refractivity contribution in [1.82, 2.24) is 4.98 Å². The Morgan fingerprint density at radius 3 is 2.43 bits per heavy atom. The molecule has 0 saturated heterocycles. The van der Waals surface area contributed by atoms with Crippen molar-refractivity contribution in [3.05, 3.63) is 64.3 Å². The molecule has 0 bridgehead atoms. The minimum Gasteiger partial charge on any atom is -0.393 e. The van der Waals surface area contributed by atoms with Crippen molar-refractivity contribution in [2.75, 3.05) is 13.2 Å². The van der Waals surface area contributed by atoms with Gasteiger partial charge in [0.15, 0.2) is 0 Å². The SMILES string of the molecule is CCCCOC(CO)c1c(C)cc2nc(C(F)(F)F)ccc2c1-c1ccc(Cl)cc1. The van der Waals surface area contributed by atoms with E-state index in [2.05, 4.69) is 4.98 Å². The van der Waals surface area contributed by atoms with E-state index < -0.39 is 18.0 Å². The summed E-state index contributed by atoms with van der Waals surface area (Å²) in [6.07, 6.45) is -3.34. The normalized spacial score (nSPS) is 13.0. The van der Waals surface area contributed by atoms with E-state index in [1.807, 2.05) is 6.92 Å². The lowest BCUT2D eigenvalue weighted by Gasteiger charge is -2.24. The Morgan fingerprint density at radius 2 is 1.83 bits per heavy atom. The molecule has 2 aromatic carbocycles. The maximum absolute atomic E-state index is 13.2. The van der Waals surface area contributed by atoms with E-state index >= 15 is 0 Å². The molecule has 3 aromatic rings. The van der Waals surface area contributed by atoms with Crippen LogP contribution in [-0.2, 0) is 10.9 Å². The van der Waals surface area contributed by atoms with Crippen LogP contribution in [0.15, 0.2) is 42.5 Å². The highest BCUT2D eigenvalue weighted by atomic mass is 35.5. The second-order valence-electron chi connectivity index (χ2n) is 7.15. The Labute approximate surface area is 178 Å². The zero-order valence-electron chi connectivity index (χ0n) is 16.8. The van der Waals surface area contributed by atoms with Crippen LogP contribution in [0.5, 0.6) is 0 Å². The molecule has 3 rings (SSSR count). The highest BCUT2D eigenvalue weighted by molar-refractivity contribution is 6.30. The lowest BCUT2D eigenvalue weighted by molar-refractivity contribution is -0.140. The summed E-state index contributed by atoms with van der Waals surface area (Å²) in [7, 11) is 0. The molecule has 160 valence electrons. The number of nitrogens with zero attached hydrogens (tertiary/aromatic N) is 1. The first-order chi connectivity index (χ1) is 14.3. The molecule has 30 heavy (non-hydrogen) atoms. The van der Waals surface area contributed by atoms with E-state index in [0.717, 1.165) is 30.0 Å². The Hall–Kier alpha value is -2.15. The van der Waals surface area contributed by atoms with Crippen LogP contribution in [0.1, 0.15) is 42.7 Å². The van der Waals surface area contributed by atoms with Gasteiger partial charge in [0.2, 0.25) is 0 Å². The topological polar surface area (TPSA) is 42.4 Å². The molecular weight excluding hydrogens is 415 g/mol. The van der Waals surface area contributed by atoms with Crippen molar-refractivity contribution >= 4 is 22.5 Å². The predicted octanol–water partition coefficient (Wildman–Crippen LogP) is 6.73. The van der Waals surface area contributed by atoms with E-state index in [9.17, 15) is 18.3 Å². The fourth-order valence-electron chi connectivity index (χ4n) is 3.52. The fourth-order valence-corrected chi connectivity index (χ4v) is 3.65. The molecule has 0 radical (unpaired) electrons. The summed E-state index contributed by atoms with van der Waals surface area (Å²) in [5, 5.41) is 11.1. The van der Waals surface area contributed by atoms with Crippen molar-refractivity contribution in [3.8, 4) is 11.1 Å². The molecule has 1 aromatic heterocycles. The number of fused-ring (bicyclic) bond motifs is 1. The molecule has 0 spiro atoms. The zero-order valence-corrected chi connectivity index (χ0v) is 17.5. The quantitative estimate of drug-likeness (QED) is 0.416. The van der Waals surface area contributed by atoms with Crippen LogP contribution in [0.3, 0.4) is 0 Å². The molecule has 0 fully saturated rings. The number of benzene rings is 2. The van der Waals surface area contributed by atoms with E-state index in [0.29, 0.717) is 28.1 Å². The van der Waals surface area contributed by atoms with E-state index in [1.54, 1.807) is 37.3 Å². The lowest BCUT2D eigenvalue weighted by Crippen LogP contribution is -2.14. The zero-order chi connectivity index (χ0) is 21.9. The van der Waals surface area contributed by atoms with Crippen LogP contribution < -0.4 is 0 Å². The minimum absolute atomic E-state index is 0.237. The summed E-state index contributed by atoms with van der Waals surface area (Å²) in [6, 6.07) is 11.1. The van der Waals surface area contributed by atoms with Gasteiger partial charge in [-0.3, -0.25) is 0 Å². The Morgan fingerprint density at radius 1 is 1.13 bits per heavy atom. The van der Waals surface area contributed by atoms with Gasteiger partial charge in [0, 0.05) is 17.0 Å². The molecule has 0 aliphatic heterocycles. The van der Waals surface area contributed by atoms with Gasteiger partial charge in [-0.15, -0.1) is 0 Å².